The van der Waals surface area contributed by atoms with Gasteiger partial charge in [-0.1, -0.05) is 0 Å². The lowest BCUT2D eigenvalue weighted by atomic mass is 10.6. The van der Waals surface area contributed by atoms with Gasteiger partial charge in [0.25, 0.3) is 0 Å². The molecule has 0 aliphatic carbocycles. The van der Waals surface area contributed by atoms with Crippen LogP contribution in [0.1, 0.15) is 0 Å². The van der Waals surface area contributed by atoms with Crippen LogP contribution in [-0.4, -0.2) is 24.3 Å². The smallest absolute Gasteiger partial charge is 0.200 e. The second-order valence-electron chi connectivity index (χ2n) is 2.82. The van der Waals surface area contributed by atoms with Gasteiger partial charge in [0.1, 0.15) is 11.8 Å². The molecule has 3 heterocycles. The normalized spacial score (nSPS) is 10.9. The Morgan fingerprint density at radius 2 is 2.07 bits per heavy atom. The van der Waals surface area contributed by atoms with Gasteiger partial charge in [-0.2, -0.15) is 0 Å². The first-order valence-electron chi connectivity index (χ1n) is 4.15. The van der Waals surface area contributed by atoms with E-state index in [4.69, 9.17) is 0 Å². The molecular formula is C9H6N5. The molecule has 3 aromatic heterocycles. The molecule has 3 rings (SSSR count). The Morgan fingerprint density at radius 3 is 2.93 bits per heavy atom. The van der Waals surface area contributed by atoms with Crippen LogP contribution in [0.15, 0.2) is 37.1 Å². The second-order valence-corrected chi connectivity index (χ2v) is 2.82. The van der Waals surface area contributed by atoms with Gasteiger partial charge in [-0.15, -0.1) is 0 Å². The van der Waals surface area contributed by atoms with Crippen LogP contribution >= 0.6 is 0 Å². The molecule has 1 radical (unpaired) electrons. The molecule has 0 atom stereocenters. The maximum atomic E-state index is 4.13. The highest BCUT2D eigenvalue weighted by molar-refractivity contribution is 5.68. The molecule has 14 heavy (non-hydrogen) atoms. The van der Waals surface area contributed by atoms with E-state index >= 15 is 0 Å². The lowest BCUT2D eigenvalue weighted by molar-refractivity contribution is 0.672. The predicted octanol–water partition coefficient (Wildman–Crippen LogP) is 0.739. The van der Waals surface area contributed by atoms with Crippen molar-refractivity contribution in [3.8, 4) is 0 Å². The zero-order valence-corrected chi connectivity index (χ0v) is 7.20. The van der Waals surface area contributed by atoms with Crippen molar-refractivity contribution in [3.63, 3.8) is 0 Å². The molecule has 0 unspecified atom stereocenters. The second kappa shape index (κ2) is 2.66. The Morgan fingerprint density at radius 1 is 1.21 bits per heavy atom. The number of imidazole rings is 1. The minimum absolute atomic E-state index is 0.737. The van der Waals surface area contributed by atoms with E-state index < -0.39 is 0 Å². The Kier molecular flexibility index (Phi) is 1.38. The minimum Gasteiger partial charge on any atom is -0.261 e. The molecule has 0 saturated carbocycles. The van der Waals surface area contributed by atoms with Crippen molar-refractivity contribution in [2.45, 2.75) is 0 Å². The summed E-state index contributed by atoms with van der Waals surface area (Å²) in [6, 6.07) is 3.86. The summed E-state index contributed by atoms with van der Waals surface area (Å²) in [7, 11) is 0. The maximum absolute atomic E-state index is 4.13. The lowest BCUT2D eigenvalue weighted by Crippen LogP contribution is -2.05. The summed E-state index contributed by atoms with van der Waals surface area (Å²) in [6.07, 6.45) is 9.81. The van der Waals surface area contributed by atoms with Gasteiger partial charge >= 0.3 is 0 Å². The molecule has 5 nitrogen and oxygen atoms in total. The van der Waals surface area contributed by atoms with Gasteiger partial charge in [0.05, 0.1) is 6.20 Å². The standard InChI is InChI=1S/C9H6N5/c1-2-4-13(3-1)14-7-12-8-5-10-6-11-9(8)14/h1-6H. The fourth-order valence-electron chi connectivity index (χ4n) is 1.33. The molecule has 0 aliphatic heterocycles. The predicted molar refractivity (Wildman–Crippen MR) is 49.4 cm³/mol. The Labute approximate surface area is 79.6 Å². The van der Waals surface area contributed by atoms with Crippen LogP contribution in [-0.2, 0) is 0 Å². The lowest BCUT2D eigenvalue weighted by Gasteiger charge is -2.01. The third-order valence-corrected chi connectivity index (χ3v) is 1.96. The number of hydrogen-bond acceptors (Lipinski definition) is 3. The van der Waals surface area contributed by atoms with Crippen LogP contribution < -0.4 is 0 Å². The van der Waals surface area contributed by atoms with Gasteiger partial charge < -0.3 is 0 Å². The summed E-state index contributed by atoms with van der Waals surface area (Å²) in [4.78, 5) is 12.1. The van der Waals surface area contributed by atoms with Crippen molar-refractivity contribution < 1.29 is 0 Å². The van der Waals surface area contributed by atoms with Crippen molar-refractivity contribution >= 4 is 11.2 Å². The van der Waals surface area contributed by atoms with Gasteiger partial charge in [0, 0.05) is 12.4 Å². The molecule has 5 heteroatoms. The summed E-state index contributed by atoms with van der Waals surface area (Å²) < 4.78 is 3.58. The number of rotatable bonds is 1. The van der Waals surface area contributed by atoms with Crippen LogP contribution in [0.25, 0.3) is 11.2 Å². The summed E-state index contributed by atoms with van der Waals surface area (Å²) >= 11 is 0. The molecule has 0 aromatic carbocycles. The highest BCUT2D eigenvalue weighted by atomic mass is 15.5. The zero-order chi connectivity index (χ0) is 9.38. The fraction of sp³-hybridized carbons (Fsp3) is 0. The van der Waals surface area contributed by atoms with E-state index in [2.05, 4.69) is 21.3 Å². The van der Waals surface area contributed by atoms with Crippen LogP contribution in [0.3, 0.4) is 0 Å². The van der Waals surface area contributed by atoms with E-state index in [0.29, 0.717) is 0 Å². The Hall–Kier alpha value is -2.17. The van der Waals surface area contributed by atoms with Gasteiger partial charge in [-0.05, 0) is 12.1 Å². The molecule has 3 aromatic rings. The van der Waals surface area contributed by atoms with E-state index in [9.17, 15) is 0 Å². The van der Waals surface area contributed by atoms with Gasteiger partial charge in [-0.25, -0.2) is 19.6 Å². The van der Waals surface area contributed by atoms with Crippen molar-refractivity contribution in [2.24, 2.45) is 0 Å². The van der Waals surface area contributed by atoms with Crippen LogP contribution in [0.2, 0.25) is 0 Å². The molecule has 67 valence electrons. The van der Waals surface area contributed by atoms with Crippen LogP contribution in [0, 0.1) is 6.33 Å². The highest BCUT2D eigenvalue weighted by Crippen LogP contribution is 2.06. The Bertz CT molecular complexity index is 551. The van der Waals surface area contributed by atoms with E-state index in [0.717, 1.165) is 11.2 Å². The minimum atomic E-state index is 0.737. The first kappa shape index (κ1) is 7.25. The average Bonchev–Trinajstić information content (AvgIpc) is 2.85. The fourth-order valence-corrected chi connectivity index (χ4v) is 1.33. The maximum Gasteiger partial charge on any atom is 0.200 e. The molecule has 0 bridgehead atoms. The van der Waals surface area contributed by atoms with Gasteiger partial charge in [0.2, 0.25) is 6.33 Å². The van der Waals surface area contributed by atoms with E-state index in [-0.39, 0.29) is 0 Å². The van der Waals surface area contributed by atoms with Gasteiger partial charge in [-0.3, -0.25) is 4.68 Å². The van der Waals surface area contributed by atoms with E-state index in [1.807, 2.05) is 29.2 Å². The molecule has 0 N–H and O–H groups in total. The number of nitrogens with zero attached hydrogens (tertiary/aromatic N) is 5. The quantitative estimate of drug-likeness (QED) is 0.560. The first-order valence-corrected chi connectivity index (χ1v) is 4.15. The SMILES string of the molecule is [c]1nc2cncnc2n1-n1cccc1. The van der Waals surface area contributed by atoms with Crippen LogP contribution in [0.4, 0.5) is 0 Å². The third kappa shape index (κ3) is 0.922. The third-order valence-electron chi connectivity index (χ3n) is 1.96. The van der Waals surface area contributed by atoms with Crippen molar-refractivity contribution in [3.05, 3.63) is 43.4 Å². The monoisotopic (exact) mass is 184 g/mol. The molecule has 0 saturated heterocycles. The van der Waals surface area contributed by atoms with Crippen molar-refractivity contribution in [1.29, 1.82) is 0 Å². The molecule has 0 fully saturated rings. The van der Waals surface area contributed by atoms with Gasteiger partial charge in [0.15, 0.2) is 5.65 Å². The molecule has 0 amide bonds. The highest BCUT2D eigenvalue weighted by Gasteiger charge is 2.03. The molecular weight excluding hydrogens is 178 g/mol. The Balaban J connectivity index is 2.33. The average molecular weight is 184 g/mol. The van der Waals surface area contributed by atoms with Crippen molar-refractivity contribution in [2.75, 3.05) is 0 Å². The largest absolute Gasteiger partial charge is 0.261 e. The van der Waals surface area contributed by atoms with E-state index in [1.165, 1.54) is 6.33 Å². The zero-order valence-electron chi connectivity index (χ0n) is 7.20. The van der Waals surface area contributed by atoms with E-state index in [1.54, 1.807) is 10.9 Å². The molecule has 0 spiro atoms. The van der Waals surface area contributed by atoms with Crippen molar-refractivity contribution in [1.82, 2.24) is 24.3 Å². The summed E-state index contributed by atoms with van der Waals surface area (Å²) in [5.41, 5.74) is 1.48. The number of hydrogen-bond donors (Lipinski definition) is 0. The summed E-state index contributed by atoms with van der Waals surface area (Å²) in [6.45, 7) is 0. The first-order chi connectivity index (χ1) is 6.95. The topological polar surface area (TPSA) is 48.5 Å². The van der Waals surface area contributed by atoms with Crippen LogP contribution in [0.5, 0.6) is 0 Å². The number of aromatic nitrogens is 5. The number of fused-ring (bicyclic) bond motifs is 1. The summed E-state index contributed by atoms with van der Waals surface area (Å²) in [5.74, 6) is 0. The summed E-state index contributed by atoms with van der Waals surface area (Å²) in [5, 5.41) is 0. The molecule has 0 aliphatic rings.